The van der Waals surface area contributed by atoms with Gasteiger partial charge in [-0.1, -0.05) is 36.4 Å². The van der Waals surface area contributed by atoms with Crippen molar-refractivity contribution in [3.63, 3.8) is 0 Å². The predicted molar refractivity (Wildman–Crippen MR) is 76.0 cm³/mol. The van der Waals surface area contributed by atoms with E-state index in [4.69, 9.17) is 10.5 Å². The number of halogens is 3. The van der Waals surface area contributed by atoms with Crippen molar-refractivity contribution < 1.29 is 23.0 Å². The van der Waals surface area contributed by atoms with Gasteiger partial charge in [-0.3, -0.25) is 0 Å². The molecule has 1 unspecified atom stereocenters. The Balaban J connectivity index is 2.30. The van der Waals surface area contributed by atoms with E-state index in [1.165, 1.54) is 19.1 Å². The number of alkyl halides is 3. The third-order valence-electron chi connectivity index (χ3n) is 3.11. The Hall–Kier alpha value is -2.05. The van der Waals surface area contributed by atoms with E-state index >= 15 is 0 Å². The van der Waals surface area contributed by atoms with Crippen LogP contribution in [0.25, 0.3) is 0 Å². The van der Waals surface area contributed by atoms with Crippen LogP contribution in [0.2, 0.25) is 0 Å². The number of hydrogen-bond donors (Lipinski definition) is 2. The highest BCUT2D eigenvalue weighted by Gasteiger charge is 2.36. The van der Waals surface area contributed by atoms with Crippen LogP contribution in [-0.2, 0) is 18.5 Å². The van der Waals surface area contributed by atoms with Crippen molar-refractivity contribution >= 4 is 0 Å². The molecule has 2 aromatic carbocycles. The number of benzene rings is 2. The largest absolute Gasteiger partial charge is 0.488 e. The summed E-state index contributed by atoms with van der Waals surface area (Å²) in [5.41, 5.74) is 3.34. The van der Waals surface area contributed by atoms with Gasteiger partial charge in [-0.2, -0.15) is 13.2 Å². The van der Waals surface area contributed by atoms with Crippen LogP contribution >= 0.6 is 0 Å². The van der Waals surface area contributed by atoms with E-state index < -0.39 is 17.5 Å². The molecule has 0 radical (unpaired) electrons. The second kappa shape index (κ2) is 5.98. The Morgan fingerprint density at radius 1 is 1.09 bits per heavy atom. The second-order valence-electron chi connectivity index (χ2n) is 5.13. The lowest BCUT2D eigenvalue weighted by Crippen LogP contribution is -2.32. The van der Waals surface area contributed by atoms with Crippen molar-refractivity contribution in [2.75, 3.05) is 0 Å². The molecular formula is C16H16F3NO2. The number of rotatable bonds is 4. The van der Waals surface area contributed by atoms with Gasteiger partial charge in [0, 0.05) is 0 Å². The summed E-state index contributed by atoms with van der Waals surface area (Å²) in [5.74, 6) is -0.302. The van der Waals surface area contributed by atoms with Crippen LogP contribution in [0.3, 0.4) is 0 Å². The molecule has 118 valence electrons. The molecule has 0 saturated heterocycles. The maximum atomic E-state index is 13.1. The van der Waals surface area contributed by atoms with Gasteiger partial charge in [-0.25, -0.2) is 0 Å². The number of ether oxygens (including phenoxy) is 1. The normalized spacial score (nSPS) is 14.5. The Kier molecular flexibility index (Phi) is 4.44. The van der Waals surface area contributed by atoms with E-state index in [1.54, 1.807) is 24.3 Å². The summed E-state index contributed by atoms with van der Waals surface area (Å²) in [7, 11) is 0. The molecule has 2 rings (SSSR count). The zero-order valence-electron chi connectivity index (χ0n) is 11.9. The first-order valence-corrected chi connectivity index (χ1v) is 6.57. The molecule has 0 heterocycles. The molecule has 0 aliphatic rings. The van der Waals surface area contributed by atoms with Crippen LogP contribution in [0.5, 0.6) is 5.75 Å². The van der Waals surface area contributed by atoms with Gasteiger partial charge in [0.15, 0.2) is 0 Å². The van der Waals surface area contributed by atoms with Crippen LogP contribution in [-0.4, -0.2) is 5.11 Å². The fraction of sp³-hybridized carbons (Fsp3) is 0.250. The molecule has 0 fully saturated rings. The SMILES string of the molecule is CC(N)(O)c1ccc(OCc2ccccc2)c(C(F)(F)F)c1. The first kappa shape index (κ1) is 16.3. The van der Waals surface area contributed by atoms with E-state index in [1.807, 2.05) is 6.07 Å². The zero-order valence-corrected chi connectivity index (χ0v) is 11.9. The summed E-state index contributed by atoms with van der Waals surface area (Å²) in [6, 6.07) is 12.2. The lowest BCUT2D eigenvalue weighted by molar-refractivity contribution is -0.139. The number of hydrogen-bond acceptors (Lipinski definition) is 3. The van der Waals surface area contributed by atoms with Crippen LogP contribution in [0.4, 0.5) is 13.2 Å². The van der Waals surface area contributed by atoms with Crippen molar-refractivity contribution in [1.29, 1.82) is 0 Å². The summed E-state index contributed by atoms with van der Waals surface area (Å²) in [5, 5.41) is 9.65. The summed E-state index contributed by atoms with van der Waals surface area (Å²) in [4.78, 5) is 0. The second-order valence-corrected chi connectivity index (χ2v) is 5.13. The Morgan fingerprint density at radius 2 is 1.73 bits per heavy atom. The van der Waals surface area contributed by atoms with E-state index in [2.05, 4.69) is 0 Å². The molecule has 0 bridgehead atoms. The predicted octanol–water partition coefficient (Wildman–Crippen LogP) is 3.41. The third-order valence-corrected chi connectivity index (χ3v) is 3.11. The fourth-order valence-electron chi connectivity index (χ4n) is 1.93. The smallest absolute Gasteiger partial charge is 0.419 e. The summed E-state index contributed by atoms with van der Waals surface area (Å²) in [6.45, 7) is 1.23. The van der Waals surface area contributed by atoms with Crippen LogP contribution in [0, 0.1) is 0 Å². The summed E-state index contributed by atoms with van der Waals surface area (Å²) >= 11 is 0. The molecule has 0 spiro atoms. The number of nitrogens with two attached hydrogens (primary N) is 1. The Bertz CT molecular complexity index is 634. The van der Waals surface area contributed by atoms with E-state index in [0.717, 1.165) is 11.6 Å². The zero-order chi connectivity index (χ0) is 16.4. The lowest BCUT2D eigenvalue weighted by Gasteiger charge is -2.21. The highest BCUT2D eigenvalue weighted by atomic mass is 19.4. The summed E-state index contributed by atoms with van der Waals surface area (Å²) in [6.07, 6.45) is -4.60. The Morgan fingerprint density at radius 3 is 2.27 bits per heavy atom. The molecule has 3 nitrogen and oxygen atoms in total. The standard InChI is InChI=1S/C16H16F3NO2/c1-15(20,21)12-7-8-14(13(9-12)16(17,18)19)22-10-11-5-3-2-4-6-11/h2-9,21H,10,20H2,1H3. The molecule has 0 saturated carbocycles. The average molecular weight is 311 g/mol. The monoisotopic (exact) mass is 311 g/mol. The van der Waals surface area contributed by atoms with Gasteiger partial charge < -0.3 is 15.6 Å². The van der Waals surface area contributed by atoms with Crippen molar-refractivity contribution in [3.05, 3.63) is 65.2 Å². The topological polar surface area (TPSA) is 55.5 Å². The first-order chi connectivity index (χ1) is 10.2. The molecule has 2 aromatic rings. The van der Waals surface area contributed by atoms with E-state index in [9.17, 15) is 18.3 Å². The number of aliphatic hydroxyl groups is 1. The molecule has 1 atom stereocenters. The van der Waals surface area contributed by atoms with E-state index in [0.29, 0.717) is 0 Å². The van der Waals surface area contributed by atoms with Gasteiger partial charge in [-0.05, 0) is 30.2 Å². The van der Waals surface area contributed by atoms with Crippen molar-refractivity contribution in [2.45, 2.75) is 25.4 Å². The summed E-state index contributed by atoms with van der Waals surface area (Å²) < 4.78 is 44.7. The van der Waals surface area contributed by atoms with Crippen molar-refractivity contribution in [2.24, 2.45) is 5.73 Å². The third kappa shape index (κ3) is 3.99. The molecular weight excluding hydrogens is 295 g/mol. The lowest BCUT2D eigenvalue weighted by atomic mass is 10.0. The van der Waals surface area contributed by atoms with Gasteiger partial charge in [0.05, 0.1) is 5.56 Å². The average Bonchev–Trinajstić information content (AvgIpc) is 2.44. The van der Waals surface area contributed by atoms with Crippen LogP contribution in [0.15, 0.2) is 48.5 Å². The Labute approximate surface area is 126 Å². The van der Waals surface area contributed by atoms with Gasteiger partial charge in [-0.15, -0.1) is 0 Å². The molecule has 22 heavy (non-hydrogen) atoms. The minimum absolute atomic E-state index is 0.0162. The maximum absolute atomic E-state index is 13.1. The molecule has 0 aliphatic heterocycles. The highest BCUT2D eigenvalue weighted by molar-refractivity contribution is 5.41. The molecule has 3 N–H and O–H groups in total. The first-order valence-electron chi connectivity index (χ1n) is 6.57. The molecule has 0 aliphatic carbocycles. The molecule has 0 aromatic heterocycles. The fourth-order valence-corrected chi connectivity index (χ4v) is 1.93. The van der Waals surface area contributed by atoms with Crippen molar-refractivity contribution in [3.8, 4) is 5.75 Å². The highest BCUT2D eigenvalue weighted by Crippen LogP contribution is 2.38. The van der Waals surface area contributed by atoms with Crippen LogP contribution in [0.1, 0.15) is 23.6 Å². The van der Waals surface area contributed by atoms with Gasteiger partial charge in [0.25, 0.3) is 0 Å². The van der Waals surface area contributed by atoms with Crippen LogP contribution < -0.4 is 10.5 Å². The molecule has 6 heteroatoms. The van der Waals surface area contributed by atoms with Crippen molar-refractivity contribution in [1.82, 2.24) is 0 Å². The minimum atomic E-state index is -4.60. The molecule has 0 amide bonds. The van der Waals surface area contributed by atoms with Gasteiger partial charge >= 0.3 is 6.18 Å². The minimum Gasteiger partial charge on any atom is -0.488 e. The maximum Gasteiger partial charge on any atom is 0.419 e. The van der Waals surface area contributed by atoms with E-state index in [-0.39, 0.29) is 17.9 Å². The van der Waals surface area contributed by atoms with Gasteiger partial charge in [0.2, 0.25) is 0 Å². The quantitative estimate of drug-likeness (QED) is 0.851. The van der Waals surface area contributed by atoms with Gasteiger partial charge in [0.1, 0.15) is 18.1 Å².